The molecule has 26 heavy (non-hydrogen) atoms. The number of carboxylic acids is 1. The van der Waals surface area contributed by atoms with Crippen LogP contribution in [0.3, 0.4) is 0 Å². The van der Waals surface area contributed by atoms with Gasteiger partial charge >= 0.3 is 5.97 Å². The molecule has 0 fully saturated rings. The molecule has 3 rings (SSSR count). The number of aliphatic carboxylic acids is 1. The Labute approximate surface area is 153 Å². The van der Waals surface area contributed by atoms with E-state index in [0.29, 0.717) is 16.7 Å². The quantitative estimate of drug-likeness (QED) is 0.369. The highest BCUT2D eigenvalue weighted by atomic mass is 32.2. The number of phenolic OH excluding ortho intramolecular Hbond substituents is 1. The van der Waals surface area contributed by atoms with Crippen molar-refractivity contribution in [1.82, 2.24) is 15.2 Å². The molecule has 1 aromatic heterocycles. The summed E-state index contributed by atoms with van der Waals surface area (Å²) in [6, 6.07) is 12.5. The fraction of sp³-hybridized carbons (Fsp3) is 0.118. The van der Waals surface area contributed by atoms with Crippen LogP contribution >= 0.6 is 11.8 Å². The van der Waals surface area contributed by atoms with Gasteiger partial charge in [0.15, 0.2) is 5.82 Å². The maximum Gasteiger partial charge on any atom is 0.313 e. The van der Waals surface area contributed by atoms with Gasteiger partial charge in [0, 0.05) is 5.56 Å². The van der Waals surface area contributed by atoms with Crippen LogP contribution in [0.15, 0.2) is 47.6 Å². The fourth-order valence-electron chi connectivity index (χ4n) is 2.33. The first kappa shape index (κ1) is 17.8. The third-order valence-electron chi connectivity index (χ3n) is 3.42. The summed E-state index contributed by atoms with van der Waals surface area (Å²) in [5.41, 5.74) is 6.05. The number of anilines is 1. The third-order valence-corrected chi connectivity index (χ3v) is 4.25. The Morgan fingerprint density at radius 2 is 1.92 bits per heavy atom. The van der Waals surface area contributed by atoms with Crippen LogP contribution in [0.2, 0.25) is 0 Å². The summed E-state index contributed by atoms with van der Waals surface area (Å²) in [7, 11) is 1.52. The Morgan fingerprint density at radius 1 is 1.19 bits per heavy atom. The van der Waals surface area contributed by atoms with E-state index in [-0.39, 0.29) is 11.5 Å². The van der Waals surface area contributed by atoms with Crippen LogP contribution in [0.25, 0.3) is 22.5 Å². The minimum atomic E-state index is -0.928. The van der Waals surface area contributed by atoms with Gasteiger partial charge in [-0.15, -0.1) is 5.10 Å². The number of H-pyrrole nitrogens is 1. The van der Waals surface area contributed by atoms with Crippen molar-refractivity contribution in [2.75, 3.05) is 18.3 Å². The van der Waals surface area contributed by atoms with Gasteiger partial charge < -0.3 is 10.2 Å². The molecule has 0 aliphatic carbocycles. The van der Waals surface area contributed by atoms with Crippen LogP contribution in [-0.4, -0.2) is 44.2 Å². The number of aromatic nitrogens is 3. The van der Waals surface area contributed by atoms with Crippen molar-refractivity contribution in [1.29, 1.82) is 0 Å². The number of aromatic hydroxyl groups is 1. The molecule has 134 valence electrons. The average Bonchev–Trinajstić information content (AvgIpc) is 3.10. The molecule has 0 aliphatic heterocycles. The Kier molecular flexibility index (Phi) is 5.40. The maximum absolute atomic E-state index is 10.7. The van der Waals surface area contributed by atoms with E-state index in [2.05, 4.69) is 20.7 Å². The summed E-state index contributed by atoms with van der Waals surface area (Å²) >= 11 is 1.04. The molecule has 8 nitrogen and oxygen atoms in total. The SMILES string of the molecule is CONc1cc(-c2ccc(O)cc2)cc(-c2nc(SCC(=O)O)n[nH]2)c1. The van der Waals surface area contributed by atoms with E-state index in [1.807, 2.05) is 18.2 Å². The van der Waals surface area contributed by atoms with E-state index in [1.54, 1.807) is 24.3 Å². The molecule has 0 aliphatic rings. The van der Waals surface area contributed by atoms with E-state index in [0.717, 1.165) is 28.5 Å². The van der Waals surface area contributed by atoms with Crippen molar-refractivity contribution in [3.63, 3.8) is 0 Å². The molecule has 0 spiro atoms. The minimum absolute atomic E-state index is 0.110. The second kappa shape index (κ2) is 7.89. The summed E-state index contributed by atoms with van der Waals surface area (Å²) in [6.45, 7) is 0. The topological polar surface area (TPSA) is 120 Å². The Morgan fingerprint density at radius 3 is 2.62 bits per heavy atom. The first-order valence-corrected chi connectivity index (χ1v) is 8.54. The lowest BCUT2D eigenvalue weighted by atomic mass is 10.0. The first-order chi connectivity index (χ1) is 12.5. The maximum atomic E-state index is 10.7. The molecule has 0 atom stereocenters. The number of hydrogen-bond acceptors (Lipinski definition) is 7. The van der Waals surface area contributed by atoms with Crippen molar-refractivity contribution < 1.29 is 19.8 Å². The zero-order chi connectivity index (χ0) is 18.5. The minimum Gasteiger partial charge on any atom is -0.508 e. The van der Waals surface area contributed by atoms with Gasteiger partial charge in [-0.2, -0.15) is 0 Å². The van der Waals surface area contributed by atoms with Crippen LogP contribution < -0.4 is 5.48 Å². The van der Waals surface area contributed by atoms with Crippen molar-refractivity contribution in [3.05, 3.63) is 42.5 Å². The summed E-state index contributed by atoms with van der Waals surface area (Å²) < 4.78 is 0. The van der Waals surface area contributed by atoms with Gasteiger partial charge in [-0.1, -0.05) is 23.9 Å². The molecule has 0 saturated heterocycles. The zero-order valence-corrected chi connectivity index (χ0v) is 14.6. The summed E-state index contributed by atoms with van der Waals surface area (Å²) in [4.78, 5) is 20.0. The molecule has 2 aromatic carbocycles. The van der Waals surface area contributed by atoms with Crippen LogP contribution in [0.1, 0.15) is 0 Å². The number of benzene rings is 2. The number of aromatic amines is 1. The highest BCUT2D eigenvalue weighted by Gasteiger charge is 2.11. The smallest absolute Gasteiger partial charge is 0.313 e. The van der Waals surface area contributed by atoms with Crippen LogP contribution in [0, 0.1) is 0 Å². The van der Waals surface area contributed by atoms with Crippen molar-refractivity contribution in [3.8, 4) is 28.3 Å². The molecule has 4 N–H and O–H groups in total. The predicted molar refractivity (Wildman–Crippen MR) is 97.9 cm³/mol. The highest BCUT2D eigenvalue weighted by Crippen LogP contribution is 2.30. The molecule has 0 saturated carbocycles. The number of carbonyl (C=O) groups is 1. The van der Waals surface area contributed by atoms with E-state index in [4.69, 9.17) is 9.94 Å². The predicted octanol–water partition coefficient (Wildman–Crippen LogP) is 2.99. The van der Waals surface area contributed by atoms with Crippen LogP contribution in [0.4, 0.5) is 5.69 Å². The fourth-order valence-corrected chi connectivity index (χ4v) is 2.85. The van der Waals surface area contributed by atoms with Crippen molar-refractivity contribution in [2.24, 2.45) is 0 Å². The Hall–Kier alpha value is -3.04. The van der Waals surface area contributed by atoms with E-state index < -0.39 is 5.97 Å². The number of nitrogens with one attached hydrogen (secondary N) is 2. The van der Waals surface area contributed by atoms with Crippen molar-refractivity contribution >= 4 is 23.4 Å². The monoisotopic (exact) mass is 372 g/mol. The lowest BCUT2D eigenvalue weighted by molar-refractivity contribution is -0.133. The largest absolute Gasteiger partial charge is 0.508 e. The number of nitrogens with zero attached hydrogens (tertiary/aromatic N) is 2. The highest BCUT2D eigenvalue weighted by molar-refractivity contribution is 7.99. The molecule has 0 bridgehead atoms. The normalized spacial score (nSPS) is 10.7. The molecule has 0 unspecified atom stereocenters. The van der Waals surface area contributed by atoms with Crippen molar-refractivity contribution in [2.45, 2.75) is 5.16 Å². The Balaban J connectivity index is 1.95. The van der Waals surface area contributed by atoms with Gasteiger partial charge in [0.25, 0.3) is 0 Å². The zero-order valence-electron chi connectivity index (χ0n) is 13.8. The number of rotatable bonds is 7. The standard InChI is InChI=1S/C17H16N4O4S/c1-25-21-13-7-11(10-2-4-14(22)5-3-10)6-12(8-13)16-18-17(20-19-16)26-9-15(23)24/h2-8,21-22H,9H2,1H3,(H,23,24)(H,18,19,20). The van der Waals surface area contributed by atoms with E-state index in [1.165, 1.54) is 7.11 Å². The third kappa shape index (κ3) is 4.32. The summed E-state index contributed by atoms with van der Waals surface area (Å²) in [6.07, 6.45) is 0. The second-order valence-electron chi connectivity index (χ2n) is 5.30. The summed E-state index contributed by atoms with van der Waals surface area (Å²) in [5, 5.41) is 25.4. The van der Waals surface area contributed by atoms with E-state index >= 15 is 0 Å². The average molecular weight is 372 g/mol. The van der Waals surface area contributed by atoms with Gasteiger partial charge in [-0.25, -0.2) is 4.98 Å². The van der Waals surface area contributed by atoms with Gasteiger partial charge in [-0.05, 0) is 41.5 Å². The lowest BCUT2D eigenvalue weighted by Gasteiger charge is -2.09. The van der Waals surface area contributed by atoms with Gasteiger partial charge in [0.05, 0.1) is 18.6 Å². The van der Waals surface area contributed by atoms with Crippen LogP contribution in [-0.2, 0) is 9.63 Å². The second-order valence-corrected chi connectivity index (χ2v) is 6.24. The van der Waals surface area contributed by atoms with Gasteiger partial charge in [-0.3, -0.25) is 20.2 Å². The molecule has 9 heteroatoms. The number of hydrogen-bond donors (Lipinski definition) is 4. The molecule has 1 heterocycles. The molecular formula is C17H16N4O4S. The molecule has 3 aromatic rings. The molecular weight excluding hydrogens is 356 g/mol. The van der Waals surface area contributed by atoms with Crippen LogP contribution in [0.5, 0.6) is 5.75 Å². The number of phenols is 1. The molecule has 0 radical (unpaired) electrons. The first-order valence-electron chi connectivity index (χ1n) is 7.56. The van der Waals surface area contributed by atoms with E-state index in [9.17, 15) is 9.90 Å². The summed E-state index contributed by atoms with van der Waals surface area (Å²) in [5.74, 6) is -0.336. The molecule has 0 amide bonds. The van der Waals surface area contributed by atoms with Gasteiger partial charge in [0.2, 0.25) is 5.16 Å². The van der Waals surface area contributed by atoms with Gasteiger partial charge in [0.1, 0.15) is 5.75 Å². The lowest BCUT2D eigenvalue weighted by Crippen LogP contribution is -1.98. The Bertz CT molecular complexity index is 911. The number of thioether (sulfide) groups is 1. The number of carboxylic acid groups (broad SMARTS) is 1.